The number of aliphatic hydroxyl groups is 2. The summed E-state index contributed by atoms with van der Waals surface area (Å²) >= 11 is 0. The van der Waals surface area contributed by atoms with Crippen molar-refractivity contribution in [3.05, 3.63) is 122 Å². The molecule has 0 radical (unpaired) electrons. The summed E-state index contributed by atoms with van der Waals surface area (Å²) < 4.78 is 21.7. The van der Waals surface area contributed by atoms with Gasteiger partial charge in [-0.3, -0.25) is 0 Å². The number of aromatic hydroxyl groups is 3. The van der Waals surface area contributed by atoms with E-state index in [4.69, 9.17) is 18.9 Å². The fourth-order valence-electron chi connectivity index (χ4n) is 6.79. The van der Waals surface area contributed by atoms with Crippen LogP contribution in [0.15, 0.2) is 60.7 Å². The molecule has 0 aliphatic rings. The van der Waals surface area contributed by atoms with E-state index < -0.39 is 10.8 Å². The first kappa shape index (κ1) is 38.8. The van der Waals surface area contributed by atoms with Gasteiger partial charge in [0.1, 0.15) is 17.2 Å². The van der Waals surface area contributed by atoms with Gasteiger partial charge in [-0.2, -0.15) is 0 Å². The average molecular weight is 689 g/mol. The summed E-state index contributed by atoms with van der Waals surface area (Å²) in [6.45, 7) is 6.95. The van der Waals surface area contributed by atoms with E-state index >= 15 is 0 Å². The van der Waals surface area contributed by atoms with E-state index in [1.54, 1.807) is 28.4 Å². The van der Waals surface area contributed by atoms with E-state index in [0.717, 1.165) is 27.8 Å². The number of hydrogen-bond acceptors (Lipinski definition) is 9. The first-order valence-corrected chi connectivity index (χ1v) is 16.7. The molecule has 0 aliphatic heterocycles. The normalized spacial score (nSPS) is 13.1. The molecule has 0 saturated heterocycles. The standard InChI is InChI=1S/C41H52O9/c1-40(2,34-18-28(22-47-4)38(45)29(19-34)23-48-5)32-8-10-33(11-9-32)41(3,35-16-26(12-14-42)37(44)27(17-35)13-15-43)36-20-30(24-49-6)39(46)31(21-36)25-50-7/h8-11,16-21,42-46H,12-15,22-25H2,1-7H3. The highest BCUT2D eigenvalue weighted by Gasteiger charge is 2.35. The smallest absolute Gasteiger partial charge is 0.126 e. The second-order valence-corrected chi connectivity index (χ2v) is 13.4. The Morgan fingerprint density at radius 1 is 0.440 bits per heavy atom. The predicted octanol–water partition coefficient (Wildman–Crippen LogP) is 6.14. The van der Waals surface area contributed by atoms with Crippen molar-refractivity contribution < 1.29 is 44.5 Å². The van der Waals surface area contributed by atoms with Crippen LogP contribution in [0.1, 0.15) is 82.0 Å². The number of phenols is 3. The van der Waals surface area contributed by atoms with Gasteiger partial charge in [0.2, 0.25) is 0 Å². The molecule has 270 valence electrons. The molecule has 4 rings (SSSR count). The number of ether oxygens (including phenoxy) is 4. The third-order valence-electron chi connectivity index (χ3n) is 9.83. The highest BCUT2D eigenvalue weighted by Crippen LogP contribution is 2.45. The maximum Gasteiger partial charge on any atom is 0.126 e. The summed E-state index contributed by atoms with van der Waals surface area (Å²) in [7, 11) is 6.35. The monoisotopic (exact) mass is 688 g/mol. The van der Waals surface area contributed by atoms with Crippen molar-refractivity contribution in [1.82, 2.24) is 0 Å². The second kappa shape index (κ2) is 16.8. The number of benzene rings is 4. The lowest BCUT2D eigenvalue weighted by Crippen LogP contribution is -2.27. The van der Waals surface area contributed by atoms with Crippen LogP contribution < -0.4 is 0 Å². The van der Waals surface area contributed by atoms with Crippen LogP contribution in [0.25, 0.3) is 0 Å². The van der Waals surface area contributed by atoms with Crippen molar-refractivity contribution in [2.45, 2.75) is 70.9 Å². The summed E-state index contributed by atoms with van der Waals surface area (Å²) in [5.41, 5.74) is 7.14. The molecule has 0 spiro atoms. The number of phenolic OH excluding ortho intramolecular Hbond substituents is 3. The first-order valence-electron chi connectivity index (χ1n) is 16.7. The molecule has 0 bridgehead atoms. The summed E-state index contributed by atoms with van der Waals surface area (Å²) in [6.07, 6.45) is 0.479. The van der Waals surface area contributed by atoms with Crippen LogP contribution in [-0.4, -0.2) is 67.2 Å². The summed E-state index contributed by atoms with van der Waals surface area (Å²) in [4.78, 5) is 0. The molecule has 9 heteroatoms. The van der Waals surface area contributed by atoms with Crippen molar-refractivity contribution in [3.8, 4) is 17.2 Å². The third kappa shape index (κ3) is 7.84. The van der Waals surface area contributed by atoms with Gasteiger partial charge in [-0.1, -0.05) is 50.2 Å². The van der Waals surface area contributed by atoms with Crippen molar-refractivity contribution in [1.29, 1.82) is 0 Å². The molecular weight excluding hydrogens is 636 g/mol. The molecule has 0 heterocycles. The molecule has 0 fully saturated rings. The fraction of sp³-hybridized carbons (Fsp3) is 0.415. The Hall–Kier alpha value is -3.96. The Morgan fingerprint density at radius 2 is 0.740 bits per heavy atom. The van der Waals surface area contributed by atoms with E-state index in [2.05, 4.69) is 45.0 Å². The topological polar surface area (TPSA) is 138 Å². The third-order valence-corrected chi connectivity index (χ3v) is 9.83. The number of rotatable bonds is 17. The quantitative estimate of drug-likeness (QED) is 0.0829. The average Bonchev–Trinajstić information content (AvgIpc) is 3.10. The molecule has 4 aromatic rings. The minimum Gasteiger partial charge on any atom is -0.507 e. The molecule has 50 heavy (non-hydrogen) atoms. The van der Waals surface area contributed by atoms with Crippen LogP contribution in [0.5, 0.6) is 17.2 Å². The minimum absolute atomic E-state index is 0.0664. The zero-order valence-electron chi connectivity index (χ0n) is 30.3. The van der Waals surface area contributed by atoms with Crippen molar-refractivity contribution in [3.63, 3.8) is 0 Å². The highest BCUT2D eigenvalue weighted by molar-refractivity contribution is 5.58. The van der Waals surface area contributed by atoms with Crippen LogP contribution in [-0.2, 0) is 69.0 Å². The summed E-state index contributed by atoms with van der Waals surface area (Å²) in [5.74, 6) is 0.347. The van der Waals surface area contributed by atoms with Gasteiger partial charge in [0.15, 0.2) is 0 Å². The van der Waals surface area contributed by atoms with Gasteiger partial charge in [-0.25, -0.2) is 0 Å². The van der Waals surface area contributed by atoms with E-state index in [-0.39, 0.29) is 69.7 Å². The first-order chi connectivity index (χ1) is 23.9. The molecule has 4 aromatic carbocycles. The van der Waals surface area contributed by atoms with Gasteiger partial charge in [-0.15, -0.1) is 0 Å². The van der Waals surface area contributed by atoms with Crippen LogP contribution in [0.2, 0.25) is 0 Å². The lowest BCUT2D eigenvalue weighted by atomic mass is 9.68. The van der Waals surface area contributed by atoms with Crippen LogP contribution in [0, 0.1) is 0 Å². The van der Waals surface area contributed by atoms with Gasteiger partial charge in [-0.05, 0) is 83.0 Å². The number of methoxy groups -OCH3 is 4. The maximum atomic E-state index is 11.1. The van der Waals surface area contributed by atoms with Gasteiger partial charge in [0, 0.05) is 74.7 Å². The molecule has 9 nitrogen and oxygen atoms in total. The van der Waals surface area contributed by atoms with Crippen LogP contribution >= 0.6 is 0 Å². The highest BCUT2D eigenvalue weighted by atomic mass is 16.5. The second-order valence-electron chi connectivity index (χ2n) is 13.4. The van der Waals surface area contributed by atoms with Gasteiger partial charge >= 0.3 is 0 Å². The SMILES string of the molecule is COCc1cc(C(C)(C)c2ccc(C(C)(c3cc(CCO)c(O)c(CCO)c3)c3cc(COC)c(O)c(COC)c3)cc2)cc(COC)c1O. The lowest BCUT2D eigenvalue weighted by molar-refractivity contribution is 0.174. The Morgan fingerprint density at radius 3 is 1.08 bits per heavy atom. The summed E-state index contributed by atoms with van der Waals surface area (Å²) in [6, 6.07) is 20.0. The molecule has 1 atom stereocenters. The van der Waals surface area contributed by atoms with Crippen LogP contribution in [0.3, 0.4) is 0 Å². The zero-order chi connectivity index (χ0) is 36.6. The van der Waals surface area contributed by atoms with E-state index in [1.807, 2.05) is 36.4 Å². The Labute approximate surface area is 295 Å². The van der Waals surface area contributed by atoms with Crippen molar-refractivity contribution >= 4 is 0 Å². The molecule has 0 aromatic heterocycles. The molecule has 0 amide bonds. The van der Waals surface area contributed by atoms with E-state index in [1.165, 1.54) is 0 Å². The molecule has 0 saturated carbocycles. The number of hydrogen-bond donors (Lipinski definition) is 5. The van der Waals surface area contributed by atoms with Crippen molar-refractivity contribution in [2.75, 3.05) is 41.7 Å². The predicted molar refractivity (Wildman–Crippen MR) is 193 cm³/mol. The van der Waals surface area contributed by atoms with Gasteiger partial charge < -0.3 is 44.5 Å². The number of aliphatic hydroxyl groups excluding tert-OH is 2. The maximum absolute atomic E-state index is 11.1. The lowest BCUT2D eigenvalue weighted by Gasteiger charge is -2.35. The Bertz CT molecular complexity index is 1600. The van der Waals surface area contributed by atoms with Crippen molar-refractivity contribution in [2.24, 2.45) is 0 Å². The fourth-order valence-corrected chi connectivity index (χ4v) is 6.79. The van der Waals surface area contributed by atoms with Gasteiger partial charge in [0.05, 0.1) is 26.4 Å². The molecule has 0 aliphatic carbocycles. The minimum atomic E-state index is -0.834. The summed E-state index contributed by atoms with van der Waals surface area (Å²) in [5, 5.41) is 52.8. The Kier molecular flexibility index (Phi) is 13.1. The van der Waals surface area contributed by atoms with Crippen LogP contribution in [0.4, 0.5) is 0 Å². The molecular formula is C41H52O9. The van der Waals surface area contributed by atoms with E-state index in [9.17, 15) is 25.5 Å². The Balaban J connectivity index is 1.97. The molecule has 1 unspecified atom stereocenters. The van der Waals surface area contributed by atoms with E-state index in [0.29, 0.717) is 33.4 Å². The van der Waals surface area contributed by atoms with Gasteiger partial charge in [0.25, 0.3) is 0 Å². The zero-order valence-corrected chi connectivity index (χ0v) is 30.3. The molecule has 5 N–H and O–H groups in total. The largest absolute Gasteiger partial charge is 0.507 e.